The summed E-state index contributed by atoms with van der Waals surface area (Å²) in [4.78, 5) is 25.2. The van der Waals surface area contributed by atoms with Crippen LogP contribution in [0.2, 0.25) is 0 Å². The van der Waals surface area contributed by atoms with E-state index in [2.05, 4.69) is 5.32 Å². The lowest BCUT2D eigenvalue weighted by Gasteiger charge is -2.24. The number of nitrogens with one attached hydrogen (secondary N) is 1. The molecule has 1 N–H and O–H groups in total. The Kier molecular flexibility index (Phi) is 4.95. The van der Waals surface area contributed by atoms with Gasteiger partial charge in [-0.3, -0.25) is 9.69 Å². The zero-order valence-electron chi connectivity index (χ0n) is 12.0. The second-order valence-corrected chi connectivity index (χ2v) is 5.32. The van der Waals surface area contributed by atoms with E-state index in [-0.39, 0.29) is 32.0 Å². The Morgan fingerprint density at radius 3 is 2.90 bits per heavy atom. The quantitative estimate of drug-likeness (QED) is 0.719. The molecule has 2 saturated heterocycles. The van der Waals surface area contributed by atoms with Crippen LogP contribution in [0.5, 0.6) is 0 Å². The Labute approximate surface area is 118 Å². The SMILES string of the molecule is COCC1(C)NC(=O)N(CCOC2CCCCO2)C1=O. The van der Waals surface area contributed by atoms with Crippen molar-refractivity contribution < 1.29 is 23.8 Å². The molecule has 2 unspecified atom stereocenters. The van der Waals surface area contributed by atoms with Gasteiger partial charge in [0, 0.05) is 13.7 Å². The fourth-order valence-electron chi connectivity index (χ4n) is 2.45. The Morgan fingerprint density at radius 1 is 1.45 bits per heavy atom. The minimum Gasteiger partial charge on any atom is -0.382 e. The van der Waals surface area contributed by atoms with Crippen molar-refractivity contribution in [1.82, 2.24) is 10.2 Å². The summed E-state index contributed by atoms with van der Waals surface area (Å²) in [6, 6.07) is -0.400. The zero-order chi connectivity index (χ0) is 14.6. The predicted molar refractivity (Wildman–Crippen MR) is 70.1 cm³/mol. The molecule has 0 aliphatic carbocycles. The molecular weight excluding hydrogens is 264 g/mol. The molecule has 2 aliphatic heterocycles. The number of carbonyl (C=O) groups is 2. The highest BCUT2D eigenvalue weighted by molar-refractivity contribution is 6.06. The molecule has 2 atom stereocenters. The normalized spacial score (nSPS) is 30.7. The second-order valence-electron chi connectivity index (χ2n) is 5.32. The van der Waals surface area contributed by atoms with Gasteiger partial charge >= 0.3 is 6.03 Å². The molecule has 114 valence electrons. The van der Waals surface area contributed by atoms with Crippen molar-refractivity contribution in [2.45, 2.75) is 38.0 Å². The molecule has 0 radical (unpaired) electrons. The van der Waals surface area contributed by atoms with Crippen LogP contribution < -0.4 is 5.32 Å². The molecular formula is C13H22N2O5. The van der Waals surface area contributed by atoms with Crippen LogP contribution in [0.3, 0.4) is 0 Å². The molecule has 2 aliphatic rings. The molecule has 0 aromatic rings. The van der Waals surface area contributed by atoms with Crippen molar-refractivity contribution in [2.75, 3.05) is 33.5 Å². The highest BCUT2D eigenvalue weighted by atomic mass is 16.7. The third kappa shape index (κ3) is 3.28. The fourth-order valence-corrected chi connectivity index (χ4v) is 2.45. The maximum Gasteiger partial charge on any atom is 0.325 e. The van der Waals surface area contributed by atoms with Gasteiger partial charge in [0.2, 0.25) is 0 Å². The van der Waals surface area contributed by atoms with Gasteiger partial charge in [0.1, 0.15) is 5.54 Å². The molecule has 7 heteroatoms. The predicted octanol–water partition coefficient (Wildman–Crippen LogP) is 0.486. The van der Waals surface area contributed by atoms with Gasteiger partial charge in [0.25, 0.3) is 5.91 Å². The first-order valence-corrected chi connectivity index (χ1v) is 6.93. The molecule has 0 aromatic heterocycles. The zero-order valence-corrected chi connectivity index (χ0v) is 12.0. The summed E-state index contributed by atoms with van der Waals surface area (Å²) in [7, 11) is 1.50. The van der Waals surface area contributed by atoms with Crippen LogP contribution >= 0.6 is 0 Å². The number of imide groups is 1. The first-order valence-electron chi connectivity index (χ1n) is 6.93. The van der Waals surface area contributed by atoms with E-state index in [1.54, 1.807) is 6.92 Å². The monoisotopic (exact) mass is 286 g/mol. The molecule has 2 heterocycles. The average molecular weight is 286 g/mol. The number of ether oxygens (including phenoxy) is 3. The molecule has 2 fully saturated rings. The molecule has 20 heavy (non-hydrogen) atoms. The number of carbonyl (C=O) groups excluding carboxylic acids is 2. The lowest BCUT2D eigenvalue weighted by Crippen LogP contribution is -2.48. The van der Waals surface area contributed by atoms with Gasteiger partial charge in [-0.2, -0.15) is 0 Å². The lowest BCUT2D eigenvalue weighted by atomic mass is 10.0. The minimum absolute atomic E-state index is 0.153. The number of rotatable bonds is 6. The van der Waals surface area contributed by atoms with Gasteiger partial charge in [0.05, 0.1) is 19.8 Å². The van der Waals surface area contributed by atoms with Crippen LogP contribution in [0.15, 0.2) is 0 Å². The Hall–Kier alpha value is -1.18. The van der Waals surface area contributed by atoms with Gasteiger partial charge in [-0.25, -0.2) is 4.79 Å². The van der Waals surface area contributed by atoms with Crippen molar-refractivity contribution in [2.24, 2.45) is 0 Å². The maximum atomic E-state index is 12.2. The maximum absolute atomic E-state index is 12.2. The van der Waals surface area contributed by atoms with E-state index in [0.29, 0.717) is 6.61 Å². The number of hydrogen-bond acceptors (Lipinski definition) is 5. The molecule has 3 amide bonds. The summed E-state index contributed by atoms with van der Waals surface area (Å²) in [6.45, 7) is 3.03. The van der Waals surface area contributed by atoms with Gasteiger partial charge in [-0.05, 0) is 26.2 Å². The van der Waals surface area contributed by atoms with Gasteiger partial charge < -0.3 is 19.5 Å². The van der Waals surface area contributed by atoms with Crippen molar-refractivity contribution >= 4 is 11.9 Å². The molecule has 0 saturated carbocycles. The highest BCUT2D eigenvalue weighted by Crippen LogP contribution is 2.18. The Balaban J connectivity index is 1.80. The third-order valence-electron chi connectivity index (χ3n) is 3.53. The average Bonchev–Trinajstić information content (AvgIpc) is 2.63. The van der Waals surface area contributed by atoms with Crippen LogP contribution in [0.1, 0.15) is 26.2 Å². The summed E-state index contributed by atoms with van der Waals surface area (Å²) >= 11 is 0. The van der Waals surface area contributed by atoms with E-state index in [0.717, 1.165) is 19.3 Å². The van der Waals surface area contributed by atoms with Gasteiger partial charge in [-0.15, -0.1) is 0 Å². The van der Waals surface area contributed by atoms with E-state index in [4.69, 9.17) is 14.2 Å². The summed E-state index contributed by atoms with van der Waals surface area (Å²) in [5.74, 6) is -0.280. The van der Waals surface area contributed by atoms with Crippen LogP contribution in [-0.2, 0) is 19.0 Å². The smallest absolute Gasteiger partial charge is 0.325 e. The van der Waals surface area contributed by atoms with Crippen molar-refractivity contribution in [1.29, 1.82) is 0 Å². The lowest BCUT2D eigenvalue weighted by molar-refractivity contribution is -0.164. The summed E-state index contributed by atoms with van der Waals surface area (Å²) in [6.07, 6.45) is 2.79. The van der Waals surface area contributed by atoms with Gasteiger partial charge in [-0.1, -0.05) is 0 Å². The number of urea groups is 1. The van der Waals surface area contributed by atoms with E-state index < -0.39 is 11.6 Å². The highest BCUT2D eigenvalue weighted by Gasteiger charge is 2.47. The Morgan fingerprint density at radius 2 is 2.25 bits per heavy atom. The molecule has 7 nitrogen and oxygen atoms in total. The third-order valence-corrected chi connectivity index (χ3v) is 3.53. The van der Waals surface area contributed by atoms with Crippen molar-refractivity contribution in [3.63, 3.8) is 0 Å². The molecule has 0 spiro atoms. The van der Waals surface area contributed by atoms with Crippen LogP contribution in [0.25, 0.3) is 0 Å². The standard InChI is InChI=1S/C13H22N2O5/c1-13(9-18-2)11(16)15(12(17)14-13)6-8-20-10-5-3-4-7-19-10/h10H,3-9H2,1-2H3,(H,14,17). The molecule has 0 aromatic carbocycles. The number of hydrogen-bond donors (Lipinski definition) is 1. The van der Waals surface area contributed by atoms with Gasteiger partial charge in [0.15, 0.2) is 6.29 Å². The topological polar surface area (TPSA) is 77.1 Å². The molecule has 2 rings (SSSR count). The fraction of sp³-hybridized carbons (Fsp3) is 0.846. The largest absolute Gasteiger partial charge is 0.382 e. The summed E-state index contributed by atoms with van der Waals surface area (Å²) in [5, 5.41) is 2.65. The van der Waals surface area contributed by atoms with Crippen molar-refractivity contribution in [3.05, 3.63) is 0 Å². The van der Waals surface area contributed by atoms with E-state index in [1.807, 2.05) is 0 Å². The second kappa shape index (κ2) is 6.51. The van der Waals surface area contributed by atoms with E-state index in [1.165, 1.54) is 12.0 Å². The summed E-state index contributed by atoms with van der Waals surface area (Å²) in [5.41, 5.74) is -0.979. The number of amides is 3. The van der Waals surface area contributed by atoms with Crippen LogP contribution in [-0.4, -0.2) is 62.1 Å². The van der Waals surface area contributed by atoms with Crippen LogP contribution in [0.4, 0.5) is 4.79 Å². The van der Waals surface area contributed by atoms with E-state index in [9.17, 15) is 9.59 Å². The number of nitrogens with zero attached hydrogens (tertiary/aromatic N) is 1. The Bertz CT molecular complexity index is 370. The first kappa shape index (κ1) is 15.2. The first-order chi connectivity index (χ1) is 9.57. The van der Waals surface area contributed by atoms with Crippen molar-refractivity contribution in [3.8, 4) is 0 Å². The minimum atomic E-state index is -0.979. The van der Waals surface area contributed by atoms with E-state index >= 15 is 0 Å². The molecule has 0 bridgehead atoms. The summed E-state index contributed by atoms with van der Waals surface area (Å²) < 4.78 is 16.0. The van der Waals surface area contributed by atoms with Crippen LogP contribution in [0, 0.1) is 0 Å². The number of methoxy groups -OCH3 is 1.